The zero-order valence-electron chi connectivity index (χ0n) is 10.4. The van der Waals surface area contributed by atoms with E-state index in [1.807, 2.05) is 0 Å². The van der Waals surface area contributed by atoms with Crippen LogP contribution in [-0.4, -0.2) is 40.0 Å². The third-order valence-electron chi connectivity index (χ3n) is 3.31. The molecule has 2 rings (SSSR count). The summed E-state index contributed by atoms with van der Waals surface area (Å²) in [5.41, 5.74) is 0.571. The predicted octanol–water partition coefficient (Wildman–Crippen LogP) is 2.17. The van der Waals surface area contributed by atoms with E-state index in [-0.39, 0.29) is 12.3 Å². The average molecular weight is 327 g/mol. The molecule has 1 aliphatic heterocycles. The van der Waals surface area contributed by atoms with Gasteiger partial charge in [0.1, 0.15) is 4.60 Å². The van der Waals surface area contributed by atoms with Crippen LogP contribution in [0, 0.1) is 5.92 Å². The van der Waals surface area contributed by atoms with Gasteiger partial charge in [-0.1, -0.05) is 0 Å². The van der Waals surface area contributed by atoms with Crippen molar-refractivity contribution in [3.05, 3.63) is 28.5 Å². The molecule has 0 aliphatic carbocycles. The Morgan fingerprint density at radius 3 is 2.89 bits per heavy atom. The molecule has 6 heteroatoms. The number of hydrogen-bond acceptors (Lipinski definition) is 3. The summed E-state index contributed by atoms with van der Waals surface area (Å²) in [6.07, 6.45) is 3.24. The second-order valence-electron chi connectivity index (χ2n) is 4.71. The van der Waals surface area contributed by atoms with Gasteiger partial charge in [0.15, 0.2) is 0 Å². The fourth-order valence-electron chi connectivity index (χ4n) is 2.27. The Morgan fingerprint density at radius 1 is 1.47 bits per heavy atom. The van der Waals surface area contributed by atoms with Gasteiger partial charge in [0.25, 0.3) is 5.91 Å². The largest absolute Gasteiger partial charge is 0.481 e. The lowest BCUT2D eigenvalue weighted by molar-refractivity contribution is -0.137. The van der Waals surface area contributed by atoms with Crippen molar-refractivity contribution in [2.24, 2.45) is 5.92 Å². The van der Waals surface area contributed by atoms with Gasteiger partial charge in [-0.2, -0.15) is 0 Å². The van der Waals surface area contributed by atoms with Gasteiger partial charge in [0, 0.05) is 25.7 Å². The quantitative estimate of drug-likeness (QED) is 0.861. The lowest BCUT2D eigenvalue weighted by atomic mass is 10.0. The van der Waals surface area contributed by atoms with Crippen LogP contribution in [-0.2, 0) is 4.79 Å². The number of rotatable bonds is 4. The fraction of sp³-hybridized carbons (Fsp3) is 0.462. The number of pyridine rings is 1. The highest BCUT2D eigenvalue weighted by molar-refractivity contribution is 9.10. The van der Waals surface area contributed by atoms with Crippen molar-refractivity contribution in [2.75, 3.05) is 13.1 Å². The Bertz CT molecular complexity index is 475. The molecule has 0 radical (unpaired) electrons. The lowest BCUT2D eigenvalue weighted by Crippen LogP contribution is -2.28. The minimum absolute atomic E-state index is 0.0298. The van der Waals surface area contributed by atoms with Crippen molar-refractivity contribution in [2.45, 2.75) is 19.3 Å². The van der Waals surface area contributed by atoms with Crippen LogP contribution >= 0.6 is 15.9 Å². The van der Waals surface area contributed by atoms with Gasteiger partial charge in [-0.05, 0) is 46.8 Å². The third kappa shape index (κ3) is 3.76. The number of carbonyl (C=O) groups excluding carboxylic acids is 1. The predicted molar refractivity (Wildman–Crippen MR) is 72.8 cm³/mol. The minimum atomic E-state index is -0.776. The summed E-state index contributed by atoms with van der Waals surface area (Å²) in [7, 11) is 0. The SMILES string of the molecule is O=C(O)CCC1CCN(C(=O)c2ccc(Br)nc2)C1. The molecule has 1 aromatic heterocycles. The summed E-state index contributed by atoms with van der Waals surface area (Å²) in [6.45, 7) is 1.33. The minimum Gasteiger partial charge on any atom is -0.481 e. The van der Waals surface area contributed by atoms with Crippen LogP contribution in [0.25, 0.3) is 0 Å². The Morgan fingerprint density at radius 2 is 2.26 bits per heavy atom. The molecule has 1 aliphatic rings. The first kappa shape index (κ1) is 14.0. The van der Waals surface area contributed by atoms with Crippen LogP contribution in [0.3, 0.4) is 0 Å². The van der Waals surface area contributed by atoms with Crippen LogP contribution in [0.15, 0.2) is 22.9 Å². The van der Waals surface area contributed by atoms with Crippen LogP contribution in [0.4, 0.5) is 0 Å². The van der Waals surface area contributed by atoms with Crippen LogP contribution in [0.2, 0.25) is 0 Å². The summed E-state index contributed by atoms with van der Waals surface area (Å²) in [4.78, 5) is 28.5. The van der Waals surface area contributed by atoms with Crippen LogP contribution in [0.5, 0.6) is 0 Å². The van der Waals surface area contributed by atoms with E-state index in [1.165, 1.54) is 0 Å². The van der Waals surface area contributed by atoms with E-state index >= 15 is 0 Å². The summed E-state index contributed by atoms with van der Waals surface area (Å²) in [6, 6.07) is 3.48. The molecule has 1 unspecified atom stereocenters. The first-order valence-electron chi connectivity index (χ1n) is 6.19. The van der Waals surface area contributed by atoms with Gasteiger partial charge in [-0.3, -0.25) is 9.59 Å². The second-order valence-corrected chi connectivity index (χ2v) is 5.52. The summed E-state index contributed by atoms with van der Waals surface area (Å²) >= 11 is 3.23. The standard InChI is InChI=1S/C13H15BrN2O3/c14-11-3-2-10(7-15-11)13(19)16-6-5-9(8-16)1-4-12(17)18/h2-3,7,9H,1,4-6,8H2,(H,17,18). The third-order valence-corrected chi connectivity index (χ3v) is 3.78. The zero-order valence-corrected chi connectivity index (χ0v) is 12.0. The molecule has 0 spiro atoms. The molecule has 19 heavy (non-hydrogen) atoms. The number of carboxylic acids is 1. The maximum absolute atomic E-state index is 12.2. The maximum atomic E-state index is 12.2. The topological polar surface area (TPSA) is 70.5 Å². The maximum Gasteiger partial charge on any atom is 0.303 e. The Kier molecular flexibility index (Phi) is 4.52. The molecule has 1 fully saturated rings. The highest BCUT2D eigenvalue weighted by atomic mass is 79.9. The lowest BCUT2D eigenvalue weighted by Gasteiger charge is -2.16. The number of aliphatic carboxylic acids is 1. The van der Waals surface area contributed by atoms with Crippen LogP contribution < -0.4 is 0 Å². The zero-order chi connectivity index (χ0) is 13.8. The molecule has 0 bridgehead atoms. The van der Waals surface area contributed by atoms with Gasteiger partial charge in [-0.15, -0.1) is 0 Å². The van der Waals surface area contributed by atoms with Crippen molar-refractivity contribution in [3.63, 3.8) is 0 Å². The molecule has 1 aromatic rings. The van der Waals surface area contributed by atoms with Crippen molar-refractivity contribution < 1.29 is 14.7 Å². The van der Waals surface area contributed by atoms with Gasteiger partial charge in [0.05, 0.1) is 5.56 Å². The van der Waals surface area contributed by atoms with Gasteiger partial charge in [0.2, 0.25) is 0 Å². The monoisotopic (exact) mass is 326 g/mol. The second kappa shape index (κ2) is 6.14. The van der Waals surface area contributed by atoms with Gasteiger partial charge < -0.3 is 10.0 Å². The first-order chi connectivity index (χ1) is 9.06. The van der Waals surface area contributed by atoms with Gasteiger partial charge in [-0.25, -0.2) is 4.98 Å². The van der Waals surface area contributed by atoms with Crippen molar-refractivity contribution in [1.29, 1.82) is 0 Å². The highest BCUT2D eigenvalue weighted by Crippen LogP contribution is 2.22. The fourth-order valence-corrected chi connectivity index (χ4v) is 2.50. The van der Waals surface area contributed by atoms with E-state index in [1.54, 1.807) is 23.2 Å². The van der Waals surface area contributed by atoms with Gasteiger partial charge >= 0.3 is 5.97 Å². The van der Waals surface area contributed by atoms with E-state index in [0.29, 0.717) is 35.6 Å². The van der Waals surface area contributed by atoms with Crippen molar-refractivity contribution in [3.8, 4) is 0 Å². The molecule has 1 amide bonds. The summed E-state index contributed by atoms with van der Waals surface area (Å²) in [5, 5.41) is 8.66. The molecule has 5 nitrogen and oxygen atoms in total. The van der Waals surface area contributed by atoms with E-state index in [9.17, 15) is 9.59 Å². The Hall–Kier alpha value is -1.43. The Balaban J connectivity index is 1.91. The molecule has 0 aromatic carbocycles. The molecular formula is C13H15BrN2O3. The molecule has 0 saturated carbocycles. The highest BCUT2D eigenvalue weighted by Gasteiger charge is 2.27. The van der Waals surface area contributed by atoms with E-state index in [0.717, 1.165) is 6.42 Å². The Labute approximate surface area is 119 Å². The number of nitrogens with zero attached hydrogens (tertiary/aromatic N) is 2. The van der Waals surface area contributed by atoms with Crippen molar-refractivity contribution in [1.82, 2.24) is 9.88 Å². The average Bonchev–Trinajstić information content (AvgIpc) is 2.85. The number of halogens is 1. The molecule has 2 heterocycles. The number of likely N-dealkylation sites (tertiary alicyclic amines) is 1. The molecule has 1 saturated heterocycles. The number of carbonyl (C=O) groups is 2. The number of amides is 1. The van der Waals surface area contributed by atoms with Crippen molar-refractivity contribution >= 4 is 27.8 Å². The number of aromatic nitrogens is 1. The normalized spacial score (nSPS) is 18.6. The molecular weight excluding hydrogens is 312 g/mol. The van der Waals surface area contributed by atoms with Crippen LogP contribution in [0.1, 0.15) is 29.6 Å². The smallest absolute Gasteiger partial charge is 0.303 e. The van der Waals surface area contributed by atoms with E-state index in [4.69, 9.17) is 5.11 Å². The molecule has 1 atom stereocenters. The van der Waals surface area contributed by atoms with E-state index in [2.05, 4.69) is 20.9 Å². The van der Waals surface area contributed by atoms with E-state index < -0.39 is 5.97 Å². The summed E-state index contributed by atoms with van der Waals surface area (Å²) < 4.78 is 0.699. The molecule has 1 N–H and O–H groups in total. The first-order valence-corrected chi connectivity index (χ1v) is 6.98. The molecule has 102 valence electrons. The summed E-state index contributed by atoms with van der Waals surface area (Å²) in [5.74, 6) is -0.511. The number of carboxylic acid groups (broad SMARTS) is 1. The number of hydrogen-bond donors (Lipinski definition) is 1.